The maximum Gasteiger partial charge on any atom is 0.239 e. The van der Waals surface area contributed by atoms with Crippen LogP contribution in [-0.4, -0.2) is 46.9 Å². The molecule has 0 aliphatic carbocycles. The summed E-state index contributed by atoms with van der Waals surface area (Å²) in [6.45, 7) is 1.18. The molecular weight excluding hydrogens is 248 g/mol. The molecule has 0 spiro atoms. The van der Waals surface area contributed by atoms with Gasteiger partial charge >= 0.3 is 0 Å². The fourth-order valence-electron chi connectivity index (χ4n) is 1.45. The molecule has 0 aromatic heterocycles. The van der Waals surface area contributed by atoms with Crippen LogP contribution in [0, 0.1) is 0 Å². The third-order valence-electron chi connectivity index (χ3n) is 2.43. The Kier molecular flexibility index (Phi) is 6.52. The summed E-state index contributed by atoms with van der Waals surface area (Å²) in [6, 6.07) is 5.36. The maximum atomic E-state index is 11.5. The molecule has 1 rings (SSSR count). The molecule has 0 aliphatic rings. The van der Waals surface area contributed by atoms with E-state index in [1.54, 1.807) is 39.5 Å². The topological polar surface area (TPSA) is 68.8 Å². The second-order valence-electron chi connectivity index (χ2n) is 3.80. The average Bonchev–Trinajstić information content (AvgIpc) is 2.45. The Morgan fingerprint density at radius 1 is 1.11 bits per heavy atom. The minimum Gasteiger partial charge on any atom is -0.497 e. The monoisotopic (exact) mass is 268 g/mol. The number of carbonyl (C=O) groups excluding carboxylic acids is 1. The van der Waals surface area contributed by atoms with Crippen molar-refractivity contribution in [3.63, 3.8) is 0 Å². The lowest BCUT2D eigenvalue weighted by atomic mass is 10.2. The van der Waals surface area contributed by atoms with Crippen LogP contribution < -0.4 is 20.1 Å². The van der Waals surface area contributed by atoms with Gasteiger partial charge < -0.3 is 24.8 Å². The van der Waals surface area contributed by atoms with Crippen LogP contribution in [0.4, 0.5) is 5.69 Å². The second-order valence-corrected chi connectivity index (χ2v) is 3.80. The standard InChI is InChI=1S/C13H20N2O4/c1-17-5-4-14-13(16)9-15-10-6-11(18-2)8-12(7-10)19-3/h6-8,15H,4-5,9H2,1-3H3,(H,14,16). The number of benzene rings is 1. The van der Waals surface area contributed by atoms with E-state index in [1.165, 1.54) is 0 Å². The Balaban J connectivity index is 2.50. The van der Waals surface area contributed by atoms with Crippen LogP contribution in [0.5, 0.6) is 11.5 Å². The normalized spacial score (nSPS) is 9.84. The first-order valence-corrected chi connectivity index (χ1v) is 5.92. The molecule has 0 radical (unpaired) electrons. The number of amides is 1. The van der Waals surface area contributed by atoms with Crippen LogP contribution in [0.3, 0.4) is 0 Å². The van der Waals surface area contributed by atoms with Gasteiger partial charge in [0.2, 0.25) is 5.91 Å². The zero-order chi connectivity index (χ0) is 14.1. The molecule has 2 N–H and O–H groups in total. The maximum absolute atomic E-state index is 11.5. The Labute approximate surface area is 113 Å². The minimum absolute atomic E-state index is 0.0983. The average molecular weight is 268 g/mol. The van der Waals surface area contributed by atoms with E-state index in [0.29, 0.717) is 24.7 Å². The summed E-state index contributed by atoms with van der Waals surface area (Å²) in [6.07, 6.45) is 0. The van der Waals surface area contributed by atoms with Gasteiger partial charge in [-0.15, -0.1) is 0 Å². The summed E-state index contributed by atoms with van der Waals surface area (Å²) in [7, 11) is 4.75. The highest BCUT2D eigenvalue weighted by Gasteiger charge is 2.04. The van der Waals surface area contributed by atoms with Crippen LogP contribution in [0.2, 0.25) is 0 Å². The predicted molar refractivity (Wildman–Crippen MR) is 72.9 cm³/mol. The molecule has 1 aromatic carbocycles. The van der Waals surface area contributed by atoms with E-state index >= 15 is 0 Å². The van der Waals surface area contributed by atoms with Gasteiger partial charge in [-0.2, -0.15) is 0 Å². The van der Waals surface area contributed by atoms with E-state index in [2.05, 4.69) is 10.6 Å². The van der Waals surface area contributed by atoms with Crippen LogP contribution in [-0.2, 0) is 9.53 Å². The number of nitrogens with one attached hydrogen (secondary N) is 2. The van der Waals surface area contributed by atoms with Crippen LogP contribution >= 0.6 is 0 Å². The highest BCUT2D eigenvalue weighted by Crippen LogP contribution is 2.25. The fourth-order valence-corrected chi connectivity index (χ4v) is 1.45. The molecule has 0 atom stereocenters. The summed E-state index contributed by atoms with van der Waals surface area (Å²) < 4.78 is 15.1. The third-order valence-corrected chi connectivity index (χ3v) is 2.43. The molecular formula is C13H20N2O4. The van der Waals surface area contributed by atoms with Gasteiger partial charge in [0.15, 0.2) is 0 Å². The van der Waals surface area contributed by atoms with Gasteiger partial charge in [-0.3, -0.25) is 4.79 Å². The number of methoxy groups -OCH3 is 3. The highest BCUT2D eigenvalue weighted by molar-refractivity contribution is 5.80. The highest BCUT2D eigenvalue weighted by atomic mass is 16.5. The molecule has 0 unspecified atom stereocenters. The van der Waals surface area contributed by atoms with Crippen molar-refractivity contribution >= 4 is 11.6 Å². The van der Waals surface area contributed by atoms with Crippen molar-refractivity contribution in [2.45, 2.75) is 0 Å². The van der Waals surface area contributed by atoms with E-state index < -0.39 is 0 Å². The van der Waals surface area contributed by atoms with Crippen molar-refractivity contribution < 1.29 is 19.0 Å². The van der Waals surface area contributed by atoms with Crippen molar-refractivity contribution in [1.82, 2.24) is 5.32 Å². The number of rotatable bonds is 8. The molecule has 106 valence electrons. The smallest absolute Gasteiger partial charge is 0.239 e. The van der Waals surface area contributed by atoms with Crippen LogP contribution in [0.25, 0.3) is 0 Å². The van der Waals surface area contributed by atoms with Gasteiger partial charge in [0.25, 0.3) is 0 Å². The summed E-state index contributed by atoms with van der Waals surface area (Å²) in [5, 5.41) is 5.73. The largest absolute Gasteiger partial charge is 0.497 e. The lowest BCUT2D eigenvalue weighted by Gasteiger charge is -2.10. The molecule has 0 fully saturated rings. The summed E-state index contributed by atoms with van der Waals surface area (Å²) in [5.41, 5.74) is 0.762. The van der Waals surface area contributed by atoms with Crippen LogP contribution in [0.1, 0.15) is 0 Å². The number of ether oxygens (including phenoxy) is 3. The quantitative estimate of drug-likeness (QED) is 0.685. The molecule has 1 amide bonds. The minimum atomic E-state index is -0.0983. The van der Waals surface area contributed by atoms with E-state index in [4.69, 9.17) is 14.2 Å². The van der Waals surface area contributed by atoms with E-state index in [0.717, 1.165) is 5.69 Å². The first-order valence-electron chi connectivity index (χ1n) is 5.92. The number of hydrogen-bond acceptors (Lipinski definition) is 5. The third kappa shape index (κ3) is 5.48. The molecule has 0 heterocycles. The van der Waals surface area contributed by atoms with Gasteiger partial charge in [0.1, 0.15) is 11.5 Å². The van der Waals surface area contributed by atoms with Gasteiger partial charge in [-0.1, -0.05) is 0 Å². The van der Waals surface area contributed by atoms with E-state index in [-0.39, 0.29) is 12.5 Å². The molecule has 6 heteroatoms. The summed E-state index contributed by atoms with van der Waals surface area (Å²) in [4.78, 5) is 11.5. The van der Waals surface area contributed by atoms with Gasteiger partial charge in [0, 0.05) is 37.5 Å². The van der Waals surface area contributed by atoms with Crippen molar-refractivity contribution in [2.24, 2.45) is 0 Å². The molecule has 6 nitrogen and oxygen atoms in total. The fraction of sp³-hybridized carbons (Fsp3) is 0.462. The van der Waals surface area contributed by atoms with E-state index in [1.807, 2.05) is 0 Å². The molecule has 1 aromatic rings. The summed E-state index contributed by atoms with van der Waals surface area (Å²) >= 11 is 0. The Morgan fingerprint density at radius 2 is 1.74 bits per heavy atom. The first-order chi connectivity index (χ1) is 9.19. The van der Waals surface area contributed by atoms with Crippen molar-refractivity contribution in [1.29, 1.82) is 0 Å². The number of hydrogen-bond donors (Lipinski definition) is 2. The lowest BCUT2D eigenvalue weighted by Crippen LogP contribution is -2.32. The van der Waals surface area contributed by atoms with Crippen molar-refractivity contribution in [3.05, 3.63) is 18.2 Å². The molecule has 0 saturated carbocycles. The molecule has 0 saturated heterocycles. The Hall–Kier alpha value is -1.95. The van der Waals surface area contributed by atoms with Gasteiger partial charge in [0.05, 0.1) is 27.4 Å². The molecule has 0 aliphatic heterocycles. The molecule has 0 bridgehead atoms. The predicted octanol–water partition coefficient (Wildman–Crippen LogP) is 0.878. The Bertz CT molecular complexity index is 387. The molecule has 19 heavy (non-hydrogen) atoms. The Morgan fingerprint density at radius 3 is 2.26 bits per heavy atom. The zero-order valence-electron chi connectivity index (χ0n) is 11.5. The zero-order valence-corrected chi connectivity index (χ0v) is 11.5. The number of anilines is 1. The lowest BCUT2D eigenvalue weighted by molar-refractivity contribution is -0.119. The first kappa shape index (κ1) is 15.1. The van der Waals surface area contributed by atoms with Gasteiger partial charge in [-0.05, 0) is 0 Å². The SMILES string of the molecule is COCCNC(=O)CNc1cc(OC)cc(OC)c1. The van der Waals surface area contributed by atoms with Crippen molar-refractivity contribution in [2.75, 3.05) is 46.3 Å². The van der Waals surface area contributed by atoms with E-state index in [9.17, 15) is 4.79 Å². The summed E-state index contributed by atoms with van der Waals surface area (Å²) in [5.74, 6) is 1.24. The van der Waals surface area contributed by atoms with Crippen molar-refractivity contribution in [3.8, 4) is 11.5 Å². The second kappa shape index (κ2) is 8.20. The van der Waals surface area contributed by atoms with Crippen LogP contribution in [0.15, 0.2) is 18.2 Å². The van der Waals surface area contributed by atoms with Gasteiger partial charge in [-0.25, -0.2) is 0 Å². The number of carbonyl (C=O) groups is 1.